The molecule has 0 spiro atoms. The van der Waals surface area contributed by atoms with E-state index in [2.05, 4.69) is 28.6 Å². The maximum absolute atomic E-state index is 12.3. The number of benzene rings is 1. The van der Waals surface area contributed by atoms with Gasteiger partial charge in [0.2, 0.25) is 0 Å². The fourth-order valence-electron chi connectivity index (χ4n) is 1.76. The third-order valence-electron chi connectivity index (χ3n) is 2.81. The van der Waals surface area contributed by atoms with Crippen molar-refractivity contribution in [2.24, 2.45) is 0 Å². The van der Waals surface area contributed by atoms with Crippen LogP contribution in [-0.4, -0.2) is 43.8 Å². The van der Waals surface area contributed by atoms with E-state index in [-0.39, 0.29) is 30.5 Å². The molecule has 0 saturated carbocycles. The van der Waals surface area contributed by atoms with Crippen LogP contribution in [-0.2, 0) is 9.84 Å². The Morgan fingerprint density at radius 1 is 1.28 bits per heavy atom. The second-order valence-electron chi connectivity index (χ2n) is 4.11. The molecule has 18 heavy (non-hydrogen) atoms. The zero-order valence-electron chi connectivity index (χ0n) is 9.47. The summed E-state index contributed by atoms with van der Waals surface area (Å²) in [6.45, 7) is 0.509. The molecule has 2 rings (SSSR count). The zero-order chi connectivity index (χ0) is 13.3. The van der Waals surface area contributed by atoms with Gasteiger partial charge in [0, 0.05) is 22.5 Å². The van der Waals surface area contributed by atoms with Crippen molar-refractivity contribution in [3.05, 3.63) is 28.2 Å². The van der Waals surface area contributed by atoms with E-state index in [4.69, 9.17) is 0 Å². The minimum atomic E-state index is -2.97. The van der Waals surface area contributed by atoms with E-state index in [9.17, 15) is 13.2 Å². The quantitative estimate of drug-likeness (QED) is 0.783. The number of amides is 1. The topological polar surface area (TPSA) is 54.5 Å². The van der Waals surface area contributed by atoms with Gasteiger partial charge >= 0.3 is 0 Å². The van der Waals surface area contributed by atoms with Crippen molar-refractivity contribution in [2.75, 3.05) is 24.6 Å². The SMILES string of the molecule is O=C(c1cc(S)ccc1Br)N1CCS(=O)(=O)CC1. The maximum Gasteiger partial charge on any atom is 0.255 e. The van der Waals surface area contributed by atoms with E-state index < -0.39 is 9.84 Å². The number of nitrogens with zero attached hydrogens (tertiary/aromatic N) is 1. The second kappa shape index (κ2) is 5.22. The summed E-state index contributed by atoms with van der Waals surface area (Å²) >= 11 is 7.52. The number of carbonyl (C=O) groups is 1. The first kappa shape index (κ1) is 13.9. The Morgan fingerprint density at radius 3 is 2.50 bits per heavy atom. The van der Waals surface area contributed by atoms with Crippen LogP contribution >= 0.6 is 28.6 Å². The lowest BCUT2D eigenvalue weighted by molar-refractivity contribution is 0.0769. The molecule has 1 heterocycles. The summed E-state index contributed by atoms with van der Waals surface area (Å²) in [5, 5.41) is 0. The van der Waals surface area contributed by atoms with Crippen molar-refractivity contribution in [2.45, 2.75) is 4.90 Å². The summed E-state index contributed by atoms with van der Waals surface area (Å²) in [6, 6.07) is 5.22. The maximum atomic E-state index is 12.3. The van der Waals surface area contributed by atoms with Crippen LogP contribution in [0.15, 0.2) is 27.6 Å². The molecule has 0 bridgehead atoms. The van der Waals surface area contributed by atoms with Crippen molar-refractivity contribution in [1.82, 2.24) is 4.90 Å². The molecule has 1 aromatic rings. The summed E-state index contributed by atoms with van der Waals surface area (Å²) in [5.74, 6) is -0.0823. The average molecular weight is 350 g/mol. The van der Waals surface area contributed by atoms with Crippen LogP contribution in [0.4, 0.5) is 0 Å². The highest BCUT2D eigenvalue weighted by molar-refractivity contribution is 9.10. The molecule has 1 aliphatic heterocycles. The van der Waals surface area contributed by atoms with Crippen LogP contribution in [0.2, 0.25) is 0 Å². The summed E-state index contributed by atoms with van der Waals surface area (Å²) in [7, 11) is -2.97. The third kappa shape index (κ3) is 3.07. The molecule has 0 radical (unpaired) electrons. The van der Waals surface area contributed by atoms with Crippen LogP contribution in [0.5, 0.6) is 0 Å². The molecule has 0 aliphatic carbocycles. The zero-order valence-corrected chi connectivity index (χ0v) is 12.8. The van der Waals surface area contributed by atoms with Crippen molar-refractivity contribution in [3.8, 4) is 0 Å². The Labute approximate surface area is 120 Å². The summed E-state index contributed by atoms with van der Waals surface area (Å²) in [4.78, 5) is 14.5. The van der Waals surface area contributed by atoms with E-state index >= 15 is 0 Å². The van der Waals surface area contributed by atoms with Gasteiger partial charge < -0.3 is 4.90 Å². The average Bonchev–Trinajstić information content (AvgIpc) is 2.31. The molecule has 1 saturated heterocycles. The number of hydrogen-bond acceptors (Lipinski definition) is 4. The molecule has 0 N–H and O–H groups in total. The second-order valence-corrected chi connectivity index (χ2v) is 7.78. The molecule has 1 amide bonds. The van der Waals surface area contributed by atoms with Crippen LogP contribution in [0.25, 0.3) is 0 Å². The summed E-state index contributed by atoms with van der Waals surface area (Å²) in [5.41, 5.74) is 0.516. The van der Waals surface area contributed by atoms with Gasteiger partial charge in [-0.1, -0.05) is 0 Å². The number of thiol groups is 1. The summed E-state index contributed by atoms with van der Waals surface area (Å²) in [6.07, 6.45) is 0. The number of carbonyl (C=O) groups excluding carboxylic acids is 1. The molecule has 1 aliphatic rings. The van der Waals surface area contributed by atoms with Crippen LogP contribution in [0.1, 0.15) is 10.4 Å². The molecule has 0 unspecified atom stereocenters. The highest BCUT2D eigenvalue weighted by Crippen LogP contribution is 2.22. The fourth-order valence-corrected chi connectivity index (χ4v) is 3.58. The Kier molecular flexibility index (Phi) is 4.03. The molecule has 1 fully saturated rings. The predicted octanol–water partition coefficient (Wildman–Crippen LogP) is 1.61. The van der Waals surface area contributed by atoms with Gasteiger partial charge in [-0.2, -0.15) is 0 Å². The first-order valence-corrected chi connectivity index (χ1v) is 8.43. The molecule has 0 aromatic heterocycles. The Hall–Kier alpha value is -0.530. The third-order valence-corrected chi connectivity index (χ3v) is 5.39. The van der Waals surface area contributed by atoms with Gasteiger partial charge in [0.15, 0.2) is 9.84 Å². The standard InChI is InChI=1S/C11H12BrNO3S2/c12-10-2-1-8(17)7-9(10)11(14)13-3-5-18(15,16)6-4-13/h1-2,7,17H,3-6H2. The van der Waals surface area contributed by atoms with Gasteiger partial charge in [-0.25, -0.2) is 8.42 Å². The number of hydrogen-bond donors (Lipinski definition) is 1. The molecule has 0 atom stereocenters. The number of sulfone groups is 1. The van der Waals surface area contributed by atoms with E-state index in [0.717, 1.165) is 0 Å². The monoisotopic (exact) mass is 349 g/mol. The first-order chi connectivity index (χ1) is 8.39. The molecule has 4 nitrogen and oxygen atoms in total. The molecule has 7 heteroatoms. The minimum Gasteiger partial charge on any atom is -0.337 e. The molecular formula is C11H12BrNO3S2. The van der Waals surface area contributed by atoms with E-state index in [1.165, 1.54) is 0 Å². The van der Waals surface area contributed by atoms with E-state index in [1.54, 1.807) is 23.1 Å². The lowest BCUT2D eigenvalue weighted by atomic mass is 10.2. The largest absolute Gasteiger partial charge is 0.337 e. The van der Waals surface area contributed by atoms with Crippen LogP contribution < -0.4 is 0 Å². The lowest BCUT2D eigenvalue weighted by Gasteiger charge is -2.27. The Balaban J connectivity index is 2.20. The van der Waals surface area contributed by atoms with Crippen LogP contribution in [0.3, 0.4) is 0 Å². The minimum absolute atomic E-state index is 0.0386. The lowest BCUT2D eigenvalue weighted by Crippen LogP contribution is -2.43. The van der Waals surface area contributed by atoms with Gasteiger partial charge in [0.05, 0.1) is 17.1 Å². The fraction of sp³-hybridized carbons (Fsp3) is 0.364. The molecule has 98 valence electrons. The normalized spacial score (nSPS) is 18.7. The summed E-state index contributed by atoms with van der Waals surface area (Å²) < 4.78 is 23.3. The highest BCUT2D eigenvalue weighted by Gasteiger charge is 2.26. The van der Waals surface area contributed by atoms with Crippen molar-refractivity contribution >= 4 is 44.3 Å². The van der Waals surface area contributed by atoms with E-state index in [0.29, 0.717) is 14.9 Å². The van der Waals surface area contributed by atoms with Gasteiger partial charge in [0.1, 0.15) is 0 Å². The van der Waals surface area contributed by atoms with Gasteiger partial charge in [-0.3, -0.25) is 4.79 Å². The van der Waals surface area contributed by atoms with Gasteiger partial charge in [0.25, 0.3) is 5.91 Å². The van der Waals surface area contributed by atoms with Crippen LogP contribution in [0, 0.1) is 0 Å². The first-order valence-electron chi connectivity index (χ1n) is 5.37. The van der Waals surface area contributed by atoms with Crippen molar-refractivity contribution in [1.29, 1.82) is 0 Å². The van der Waals surface area contributed by atoms with Gasteiger partial charge in [-0.05, 0) is 34.1 Å². The number of rotatable bonds is 1. The molecule has 1 aromatic carbocycles. The Bertz CT molecular complexity index is 572. The van der Waals surface area contributed by atoms with Crippen molar-refractivity contribution in [3.63, 3.8) is 0 Å². The van der Waals surface area contributed by atoms with Crippen molar-refractivity contribution < 1.29 is 13.2 Å². The highest BCUT2D eigenvalue weighted by atomic mass is 79.9. The predicted molar refractivity (Wildman–Crippen MR) is 76.0 cm³/mol. The smallest absolute Gasteiger partial charge is 0.255 e. The van der Waals surface area contributed by atoms with E-state index in [1.807, 2.05) is 0 Å². The Morgan fingerprint density at radius 2 is 1.89 bits per heavy atom. The number of halogens is 1. The molecular weight excluding hydrogens is 338 g/mol. The van der Waals surface area contributed by atoms with Gasteiger partial charge in [-0.15, -0.1) is 12.6 Å².